The van der Waals surface area contributed by atoms with Gasteiger partial charge in [0.2, 0.25) is 10.0 Å². The average Bonchev–Trinajstić information content (AvgIpc) is 2.85. The van der Waals surface area contributed by atoms with E-state index in [1.54, 1.807) is 60.7 Å². The van der Waals surface area contributed by atoms with Crippen LogP contribution in [0.25, 0.3) is 11.1 Å². The molecule has 0 saturated heterocycles. The van der Waals surface area contributed by atoms with Gasteiger partial charge in [0, 0.05) is 29.2 Å². The maximum Gasteiger partial charge on any atom is 0.266 e. The molecule has 0 radical (unpaired) electrons. The molecule has 0 aliphatic carbocycles. The van der Waals surface area contributed by atoms with E-state index >= 15 is 0 Å². The molecular weight excluding hydrogens is 480 g/mol. The van der Waals surface area contributed by atoms with Gasteiger partial charge in [0.1, 0.15) is 11.6 Å². The highest BCUT2D eigenvalue weighted by Gasteiger charge is 2.18. The molecule has 0 heterocycles. The first-order valence-corrected chi connectivity index (χ1v) is 12.6. The molecule has 10 nitrogen and oxygen atoms in total. The number of carbonyl (C=O) groups is 2. The van der Waals surface area contributed by atoms with Crippen molar-refractivity contribution in [2.75, 3.05) is 6.54 Å². The number of hydrazine groups is 2. The fraction of sp³-hybridized carbons (Fsp3) is 0.160. The highest BCUT2D eigenvalue weighted by atomic mass is 32.2. The third-order valence-electron chi connectivity index (χ3n) is 5.56. The van der Waals surface area contributed by atoms with Crippen molar-refractivity contribution in [2.45, 2.75) is 24.2 Å². The van der Waals surface area contributed by atoms with Gasteiger partial charge in [-0.1, -0.05) is 48.5 Å². The Balaban J connectivity index is 1.54. The van der Waals surface area contributed by atoms with Crippen molar-refractivity contribution in [1.82, 2.24) is 16.4 Å². The van der Waals surface area contributed by atoms with Gasteiger partial charge in [-0.15, -0.1) is 0 Å². The van der Waals surface area contributed by atoms with Crippen molar-refractivity contribution in [3.8, 4) is 11.1 Å². The predicted octanol–water partition coefficient (Wildman–Crippen LogP) is 1.79. The van der Waals surface area contributed by atoms with E-state index in [2.05, 4.69) is 16.4 Å². The van der Waals surface area contributed by atoms with E-state index in [0.29, 0.717) is 35.2 Å². The smallest absolute Gasteiger partial charge is 0.266 e. The lowest BCUT2D eigenvalue weighted by molar-refractivity contribution is -0.118. The minimum Gasteiger partial charge on any atom is -0.384 e. The van der Waals surface area contributed by atoms with Gasteiger partial charge < -0.3 is 5.73 Å². The Labute approximate surface area is 209 Å². The van der Waals surface area contributed by atoms with Crippen LogP contribution in [0.15, 0.2) is 77.7 Å². The summed E-state index contributed by atoms with van der Waals surface area (Å²) in [6.07, 6.45) is 0.456. The molecule has 3 aromatic rings. The Morgan fingerprint density at radius 3 is 2.31 bits per heavy atom. The summed E-state index contributed by atoms with van der Waals surface area (Å²) >= 11 is 0. The lowest BCUT2D eigenvalue weighted by Gasteiger charge is -2.16. The van der Waals surface area contributed by atoms with Crippen molar-refractivity contribution in [1.29, 1.82) is 5.41 Å². The van der Waals surface area contributed by atoms with E-state index in [1.165, 1.54) is 13.0 Å². The number of ketones is 1. The number of Topliss-reactive ketones (excluding diaryl/α,β-unsaturated/α-hetero) is 1. The zero-order valence-corrected chi connectivity index (χ0v) is 20.4. The lowest BCUT2D eigenvalue weighted by atomic mass is 9.91. The number of rotatable bonds is 11. The van der Waals surface area contributed by atoms with Crippen LogP contribution in [-0.2, 0) is 14.8 Å². The van der Waals surface area contributed by atoms with Crippen LogP contribution >= 0.6 is 0 Å². The molecule has 0 aliphatic heterocycles. The zero-order valence-electron chi connectivity index (χ0n) is 19.6. The van der Waals surface area contributed by atoms with E-state index in [-0.39, 0.29) is 22.4 Å². The van der Waals surface area contributed by atoms with Gasteiger partial charge in [0.05, 0.1) is 4.90 Å². The molecule has 1 amide bonds. The molecule has 1 atom stereocenters. The minimum atomic E-state index is -3.89. The Hall–Kier alpha value is -3.90. The second kappa shape index (κ2) is 11.7. The van der Waals surface area contributed by atoms with Crippen LogP contribution in [0.5, 0.6) is 0 Å². The first kappa shape index (κ1) is 26.7. The number of carbonyl (C=O) groups excluding carboxylic acids is 2. The number of sulfonamides is 1. The van der Waals surface area contributed by atoms with E-state index < -0.39 is 15.9 Å². The summed E-state index contributed by atoms with van der Waals surface area (Å²) in [4.78, 5) is 24.6. The van der Waals surface area contributed by atoms with Gasteiger partial charge in [0.15, 0.2) is 0 Å². The van der Waals surface area contributed by atoms with Crippen molar-refractivity contribution in [2.24, 2.45) is 10.9 Å². The largest absolute Gasteiger partial charge is 0.384 e. The van der Waals surface area contributed by atoms with Gasteiger partial charge in [-0.05, 0) is 48.7 Å². The Morgan fingerprint density at radius 1 is 0.972 bits per heavy atom. The van der Waals surface area contributed by atoms with Crippen LogP contribution in [0.2, 0.25) is 0 Å². The van der Waals surface area contributed by atoms with Crippen molar-refractivity contribution in [3.05, 3.63) is 89.5 Å². The van der Waals surface area contributed by atoms with Crippen LogP contribution in [0.1, 0.15) is 40.7 Å². The van der Waals surface area contributed by atoms with Gasteiger partial charge in [-0.25, -0.2) is 19.0 Å². The number of primary sulfonamides is 1. The molecule has 188 valence electrons. The molecule has 8 N–H and O–H groups in total. The van der Waals surface area contributed by atoms with Crippen molar-refractivity contribution in [3.63, 3.8) is 0 Å². The van der Waals surface area contributed by atoms with E-state index in [1.807, 2.05) is 6.07 Å². The van der Waals surface area contributed by atoms with Gasteiger partial charge in [-0.3, -0.25) is 20.4 Å². The molecule has 0 spiro atoms. The second-order valence-corrected chi connectivity index (χ2v) is 9.65. The molecule has 11 heteroatoms. The van der Waals surface area contributed by atoms with Gasteiger partial charge in [0.25, 0.3) is 5.91 Å². The summed E-state index contributed by atoms with van der Waals surface area (Å²) in [7, 11) is -3.89. The number of amides is 1. The Bertz CT molecular complexity index is 1370. The van der Waals surface area contributed by atoms with E-state index in [9.17, 15) is 18.0 Å². The Morgan fingerprint density at radius 2 is 1.67 bits per heavy atom. The molecule has 0 aliphatic rings. The summed E-state index contributed by atoms with van der Waals surface area (Å²) < 4.78 is 23.7. The van der Waals surface area contributed by atoms with Crippen LogP contribution in [0.3, 0.4) is 0 Å². The molecule has 0 bridgehead atoms. The predicted molar refractivity (Wildman–Crippen MR) is 137 cm³/mol. The number of hydrogen-bond acceptors (Lipinski definition) is 7. The lowest BCUT2D eigenvalue weighted by Crippen LogP contribution is -2.47. The summed E-state index contributed by atoms with van der Waals surface area (Å²) in [5, 5.41) is 12.9. The normalized spacial score (nSPS) is 12.1. The van der Waals surface area contributed by atoms with Crippen molar-refractivity contribution >= 4 is 27.5 Å². The first-order valence-electron chi connectivity index (χ1n) is 11.0. The SMILES string of the molecule is CC(=O)C(CCNNNC(=O)c1ccc(-c2ccccc2S(N)(=O)=O)cc1)c1cccc(C(=N)N)c1. The Kier molecular flexibility index (Phi) is 8.67. The summed E-state index contributed by atoms with van der Waals surface area (Å²) in [5.74, 6) is -0.887. The minimum absolute atomic E-state index is 0.00459. The average molecular weight is 509 g/mol. The maximum atomic E-state index is 12.4. The van der Waals surface area contributed by atoms with Crippen LogP contribution < -0.4 is 27.3 Å². The quantitative estimate of drug-likeness (QED) is 0.0988. The van der Waals surface area contributed by atoms with E-state index in [4.69, 9.17) is 16.3 Å². The standard InChI is InChI=1S/C25H28N6O4S/c1-16(32)21(19-5-4-6-20(15-19)24(26)27)13-14-29-31-30-25(33)18-11-9-17(10-12-18)22-7-2-3-8-23(22)36(28,34)35/h2-12,15,21,29,31H,13-14H2,1H3,(H3,26,27)(H,30,33)(H2,28,34,35). The topological polar surface area (TPSA) is 180 Å². The molecule has 1 unspecified atom stereocenters. The molecule has 3 rings (SSSR count). The van der Waals surface area contributed by atoms with Crippen molar-refractivity contribution < 1.29 is 18.0 Å². The third kappa shape index (κ3) is 6.83. The molecule has 3 aromatic carbocycles. The number of nitrogen functional groups attached to an aromatic ring is 1. The number of nitrogens with two attached hydrogens (primary N) is 2. The summed E-state index contributed by atoms with van der Waals surface area (Å²) in [5.41, 5.74) is 16.3. The number of benzene rings is 3. The monoisotopic (exact) mass is 508 g/mol. The fourth-order valence-corrected chi connectivity index (χ4v) is 4.49. The van der Waals surface area contributed by atoms with Crippen LogP contribution in [0, 0.1) is 5.41 Å². The first-order chi connectivity index (χ1) is 17.1. The highest BCUT2D eigenvalue weighted by Crippen LogP contribution is 2.26. The third-order valence-corrected chi connectivity index (χ3v) is 6.53. The summed E-state index contributed by atoms with van der Waals surface area (Å²) in [6.45, 7) is 1.88. The van der Waals surface area contributed by atoms with Gasteiger partial charge >= 0.3 is 0 Å². The molecular formula is C25H28N6O4S. The van der Waals surface area contributed by atoms with Crippen LogP contribution in [0.4, 0.5) is 0 Å². The summed E-state index contributed by atoms with van der Waals surface area (Å²) in [6, 6.07) is 19.8. The number of hydrogen-bond donors (Lipinski definition) is 6. The zero-order chi connectivity index (χ0) is 26.3. The fourth-order valence-electron chi connectivity index (χ4n) is 3.73. The second-order valence-electron chi connectivity index (χ2n) is 8.12. The van der Waals surface area contributed by atoms with Crippen LogP contribution in [-0.4, -0.2) is 32.5 Å². The molecule has 0 aromatic heterocycles. The molecule has 36 heavy (non-hydrogen) atoms. The van der Waals surface area contributed by atoms with E-state index in [0.717, 1.165) is 5.56 Å². The van der Waals surface area contributed by atoms with Gasteiger partial charge in [-0.2, -0.15) is 5.53 Å². The number of nitrogens with one attached hydrogen (secondary N) is 4. The number of amidine groups is 1. The molecule has 0 saturated carbocycles. The molecule has 0 fully saturated rings. The maximum absolute atomic E-state index is 12.4. The highest BCUT2D eigenvalue weighted by molar-refractivity contribution is 7.89.